The minimum absolute atomic E-state index is 0.0167. The quantitative estimate of drug-likeness (QED) is 0.302. The van der Waals surface area contributed by atoms with Gasteiger partial charge in [-0.2, -0.15) is 0 Å². The van der Waals surface area contributed by atoms with E-state index in [0.29, 0.717) is 11.3 Å². The van der Waals surface area contributed by atoms with Crippen LogP contribution >= 0.6 is 0 Å². The van der Waals surface area contributed by atoms with E-state index in [0.717, 1.165) is 16.6 Å². The SMILES string of the molecule is CCOC(=O)/C=C(/Nc1cccc2[nH]ccc12)c1ccc([N+](=O)[O-])cc1. The fourth-order valence-electron chi connectivity index (χ4n) is 2.60. The molecule has 7 nitrogen and oxygen atoms in total. The van der Waals surface area contributed by atoms with Gasteiger partial charge in [0.1, 0.15) is 0 Å². The number of H-pyrrole nitrogens is 1. The summed E-state index contributed by atoms with van der Waals surface area (Å²) in [5.41, 5.74) is 2.87. The monoisotopic (exact) mass is 351 g/mol. The Morgan fingerprint density at radius 1 is 1.23 bits per heavy atom. The molecule has 1 aromatic heterocycles. The van der Waals surface area contributed by atoms with Crippen LogP contribution in [0.15, 0.2) is 60.8 Å². The number of nitro groups is 1. The number of carbonyl (C=O) groups excluding carboxylic acids is 1. The molecule has 7 heteroatoms. The van der Waals surface area contributed by atoms with Crippen LogP contribution in [0.5, 0.6) is 0 Å². The molecule has 2 N–H and O–H groups in total. The molecular formula is C19H17N3O4. The lowest BCUT2D eigenvalue weighted by Crippen LogP contribution is -2.06. The zero-order valence-electron chi connectivity index (χ0n) is 14.1. The fraction of sp³-hybridized carbons (Fsp3) is 0.105. The minimum atomic E-state index is -0.491. The number of hydrogen-bond acceptors (Lipinski definition) is 5. The van der Waals surface area contributed by atoms with Gasteiger partial charge in [0, 0.05) is 41.0 Å². The van der Waals surface area contributed by atoms with Crippen molar-refractivity contribution in [3.05, 3.63) is 76.5 Å². The molecule has 0 unspecified atom stereocenters. The van der Waals surface area contributed by atoms with Crippen molar-refractivity contribution in [2.45, 2.75) is 6.92 Å². The number of non-ortho nitro benzene ring substituents is 1. The summed E-state index contributed by atoms with van der Waals surface area (Å²) in [6.45, 7) is 1.99. The molecule has 0 aliphatic carbocycles. The number of ether oxygens (including phenoxy) is 1. The van der Waals surface area contributed by atoms with E-state index in [1.165, 1.54) is 18.2 Å². The van der Waals surface area contributed by atoms with E-state index in [-0.39, 0.29) is 12.3 Å². The fourth-order valence-corrected chi connectivity index (χ4v) is 2.60. The molecule has 0 saturated carbocycles. The second-order valence-corrected chi connectivity index (χ2v) is 5.48. The number of aromatic amines is 1. The number of nitrogens with one attached hydrogen (secondary N) is 2. The van der Waals surface area contributed by atoms with Crippen LogP contribution in [0.1, 0.15) is 12.5 Å². The van der Waals surface area contributed by atoms with Crippen LogP contribution in [-0.4, -0.2) is 22.5 Å². The topological polar surface area (TPSA) is 97.3 Å². The predicted molar refractivity (Wildman–Crippen MR) is 99.6 cm³/mol. The summed E-state index contributed by atoms with van der Waals surface area (Å²) in [7, 11) is 0. The van der Waals surface area contributed by atoms with E-state index in [4.69, 9.17) is 4.74 Å². The van der Waals surface area contributed by atoms with Gasteiger partial charge < -0.3 is 15.0 Å². The lowest BCUT2D eigenvalue weighted by Gasteiger charge is -2.12. The number of carbonyl (C=O) groups is 1. The van der Waals surface area contributed by atoms with Gasteiger partial charge in [-0.3, -0.25) is 10.1 Å². The van der Waals surface area contributed by atoms with Crippen molar-refractivity contribution in [1.82, 2.24) is 4.98 Å². The van der Waals surface area contributed by atoms with Crippen molar-refractivity contribution in [2.24, 2.45) is 0 Å². The van der Waals surface area contributed by atoms with Gasteiger partial charge in [0.25, 0.3) is 5.69 Å². The molecule has 2 aromatic carbocycles. The first-order valence-electron chi connectivity index (χ1n) is 8.05. The third-order valence-electron chi connectivity index (χ3n) is 3.80. The van der Waals surface area contributed by atoms with Gasteiger partial charge in [0.05, 0.1) is 17.2 Å². The highest BCUT2D eigenvalue weighted by Gasteiger charge is 2.11. The van der Waals surface area contributed by atoms with E-state index >= 15 is 0 Å². The van der Waals surface area contributed by atoms with Gasteiger partial charge in [-0.15, -0.1) is 0 Å². The van der Waals surface area contributed by atoms with Crippen molar-refractivity contribution in [3.63, 3.8) is 0 Å². The maximum atomic E-state index is 12.0. The Kier molecular flexibility index (Phi) is 4.98. The molecule has 0 saturated heterocycles. The van der Waals surface area contributed by atoms with Crippen molar-refractivity contribution < 1.29 is 14.5 Å². The summed E-state index contributed by atoms with van der Waals surface area (Å²) >= 11 is 0. The van der Waals surface area contributed by atoms with Crippen LogP contribution in [0.2, 0.25) is 0 Å². The second-order valence-electron chi connectivity index (χ2n) is 5.48. The molecule has 0 aliphatic rings. The Morgan fingerprint density at radius 3 is 2.69 bits per heavy atom. The smallest absolute Gasteiger partial charge is 0.332 e. The number of hydrogen-bond donors (Lipinski definition) is 2. The van der Waals surface area contributed by atoms with Gasteiger partial charge in [0.2, 0.25) is 0 Å². The number of anilines is 1. The molecule has 3 aromatic rings. The van der Waals surface area contributed by atoms with Crippen LogP contribution < -0.4 is 5.32 Å². The number of rotatable bonds is 6. The molecule has 0 aliphatic heterocycles. The highest BCUT2D eigenvalue weighted by Crippen LogP contribution is 2.27. The molecule has 0 atom stereocenters. The zero-order valence-corrected chi connectivity index (χ0v) is 14.1. The lowest BCUT2D eigenvalue weighted by molar-refractivity contribution is -0.384. The number of esters is 1. The molecule has 1 heterocycles. The summed E-state index contributed by atoms with van der Waals surface area (Å²) in [5.74, 6) is -0.491. The molecule has 0 fully saturated rings. The largest absolute Gasteiger partial charge is 0.463 e. The van der Waals surface area contributed by atoms with Crippen molar-refractivity contribution in [1.29, 1.82) is 0 Å². The van der Waals surface area contributed by atoms with E-state index < -0.39 is 10.9 Å². The summed E-state index contributed by atoms with van der Waals surface area (Å²) in [4.78, 5) is 25.5. The highest BCUT2D eigenvalue weighted by atomic mass is 16.6. The zero-order chi connectivity index (χ0) is 18.5. The standard InChI is InChI=1S/C19H17N3O4/c1-2-26-19(23)12-18(13-6-8-14(9-7-13)22(24)25)21-17-5-3-4-16-15(17)10-11-20-16/h3-12,20-21H,2H2,1H3/b18-12+. The average molecular weight is 351 g/mol. The number of benzene rings is 2. The normalized spacial score (nSPS) is 11.3. The maximum absolute atomic E-state index is 12.0. The number of fused-ring (bicyclic) bond motifs is 1. The molecule has 132 valence electrons. The van der Waals surface area contributed by atoms with E-state index in [2.05, 4.69) is 10.3 Å². The number of nitro benzene ring substituents is 1. The maximum Gasteiger partial charge on any atom is 0.332 e. The van der Waals surface area contributed by atoms with Crippen LogP contribution in [0.4, 0.5) is 11.4 Å². The first-order chi connectivity index (χ1) is 12.6. The Morgan fingerprint density at radius 2 is 2.00 bits per heavy atom. The first-order valence-corrected chi connectivity index (χ1v) is 8.05. The first kappa shape index (κ1) is 17.2. The van der Waals surface area contributed by atoms with Crippen LogP contribution in [0, 0.1) is 10.1 Å². The van der Waals surface area contributed by atoms with Crippen molar-refractivity contribution in [3.8, 4) is 0 Å². The Hall–Kier alpha value is -3.61. The van der Waals surface area contributed by atoms with Crippen LogP contribution in [-0.2, 0) is 9.53 Å². The molecule has 26 heavy (non-hydrogen) atoms. The highest BCUT2D eigenvalue weighted by molar-refractivity contribution is 5.99. The molecule has 0 bridgehead atoms. The summed E-state index contributed by atoms with van der Waals surface area (Å²) in [6, 6.07) is 13.6. The predicted octanol–water partition coefficient (Wildman–Crippen LogP) is 4.09. The summed E-state index contributed by atoms with van der Waals surface area (Å²) in [6.07, 6.45) is 3.17. The van der Waals surface area contributed by atoms with Gasteiger partial charge in [-0.05, 0) is 42.8 Å². The van der Waals surface area contributed by atoms with Crippen molar-refractivity contribution >= 4 is 33.9 Å². The van der Waals surface area contributed by atoms with Crippen molar-refractivity contribution in [2.75, 3.05) is 11.9 Å². The second kappa shape index (κ2) is 7.52. The third-order valence-corrected chi connectivity index (χ3v) is 3.80. The molecule has 0 radical (unpaired) electrons. The van der Waals surface area contributed by atoms with Gasteiger partial charge in [-0.25, -0.2) is 4.79 Å². The minimum Gasteiger partial charge on any atom is -0.463 e. The Bertz CT molecular complexity index is 974. The third kappa shape index (κ3) is 3.72. The summed E-state index contributed by atoms with van der Waals surface area (Å²) < 4.78 is 5.00. The van der Waals surface area contributed by atoms with E-state index in [1.807, 2.05) is 30.5 Å². The number of nitrogens with zero attached hydrogens (tertiary/aromatic N) is 1. The van der Waals surface area contributed by atoms with Gasteiger partial charge >= 0.3 is 5.97 Å². The molecule has 0 spiro atoms. The Labute approximate surface area is 149 Å². The molecule has 0 amide bonds. The van der Waals surface area contributed by atoms with Gasteiger partial charge in [0.15, 0.2) is 0 Å². The molecule has 3 rings (SSSR count). The number of aromatic nitrogens is 1. The summed E-state index contributed by atoms with van der Waals surface area (Å²) in [5, 5.41) is 15.0. The van der Waals surface area contributed by atoms with E-state index in [1.54, 1.807) is 19.1 Å². The van der Waals surface area contributed by atoms with Crippen LogP contribution in [0.3, 0.4) is 0 Å². The Balaban J connectivity index is 1.99. The molecular weight excluding hydrogens is 334 g/mol. The lowest BCUT2D eigenvalue weighted by atomic mass is 10.1. The van der Waals surface area contributed by atoms with Crippen LogP contribution in [0.25, 0.3) is 16.6 Å². The average Bonchev–Trinajstić information content (AvgIpc) is 3.11. The van der Waals surface area contributed by atoms with E-state index in [9.17, 15) is 14.9 Å². The van der Waals surface area contributed by atoms with Gasteiger partial charge in [-0.1, -0.05) is 6.07 Å².